The van der Waals surface area contributed by atoms with Crippen LogP contribution in [-0.2, 0) is 20.0 Å². The molecule has 0 heterocycles. The van der Waals surface area contributed by atoms with Crippen molar-refractivity contribution in [3.8, 4) is 5.75 Å². The fourth-order valence-corrected chi connectivity index (χ4v) is 1.37. The fraction of sp³-hybridized carbons (Fsp3) is 0.273. The number of hydrogen-bond acceptors (Lipinski definition) is 6. The molecule has 21 heavy (non-hydrogen) atoms. The second-order valence-electron chi connectivity index (χ2n) is 3.77. The highest BCUT2D eigenvalue weighted by Crippen LogP contribution is 2.09. The van der Waals surface area contributed by atoms with Crippen LogP contribution in [0, 0.1) is 0 Å². The van der Waals surface area contributed by atoms with Gasteiger partial charge in [-0.25, -0.2) is 0 Å². The van der Waals surface area contributed by atoms with Crippen LogP contribution >= 0.6 is 0 Å². The molecule has 9 nitrogen and oxygen atoms in total. The molecule has 0 aromatic heterocycles. The minimum Gasteiger partial charge on any atom is -0.480 e. The van der Waals surface area contributed by atoms with Crippen molar-refractivity contribution in [1.82, 2.24) is 0 Å². The minimum absolute atomic E-state index is 0.0213. The summed E-state index contributed by atoms with van der Waals surface area (Å²) < 4.78 is 32.6. The third kappa shape index (κ3) is 11.4. The van der Waals surface area contributed by atoms with Gasteiger partial charge in [-0.2, -0.15) is 8.42 Å². The number of hydrogen-bond donors (Lipinski definition) is 4. The Morgan fingerprint density at radius 2 is 1.76 bits per heavy atom. The van der Waals surface area contributed by atoms with Crippen molar-refractivity contribution in [3.05, 3.63) is 30.3 Å². The Kier molecular flexibility index (Phi) is 7.97. The lowest BCUT2D eigenvalue weighted by molar-refractivity contribution is -0.138. The Balaban J connectivity index is 0.000000384. The van der Waals surface area contributed by atoms with Crippen LogP contribution in [0.5, 0.6) is 5.75 Å². The zero-order chi connectivity index (χ0) is 16.5. The number of carboxylic acid groups (broad SMARTS) is 1. The number of nitrogens with two attached hydrogens (primary N) is 2. The van der Waals surface area contributed by atoms with Crippen LogP contribution in [0.3, 0.4) is 0 Å². The normalized spacial score (nSPS) is 11.7. The van der Waals surface area contributed by atoms with Gasteiger partial charge in [0.1, 0.15) is 11.8 Å². The maximum Gasteiger partial charge on any atom is 0.446 e. The molecule has 1 amide bonds. The first kappa shape index (κ1) is 18.8. The predicted molar refractivity (Wildman–Crippen MR) is 72.7 cm³/mol. The van der Waals surface area contributed by atoms with Crippen LogP contribution in [0.25, 0.3) is 0 Å². The van der Waals surface area contributed by atoms with Gasteiger partial charge in [-0.05, 0) is 18.6 Å². The summed E-state index contributed by atoms with van der Waals surface area (Å²) >= 11 is 0. The zero-order valence-electron chi connectivity index (χ0n) is 10.9. The number of carboxylic acids is 1. The molecule has 0 aliphatic heterocycles. The number of aliphatic carboxylic acids is 1. The van der Waals surface area contributed by atoms with E-state index < -0.39 is 28.3 Å². The van der Waals surface area contributed by atoms with Crippen LogP contribution in [0.15, 0.2) is 30.3 Å². The average molecular weight is 320 g/mol. The van der Waals surface area contributed by atoms with Crippen LogP contribution in [0.4, 0.5) is 0 Å². The van der Waals surface area contributed by atoms with Crippen molar-refractivity contribution in [3.63, 3.8) is 0 Å². The van der Waals surface area contributed by atoms with Crippen molar-refractivity contribution >= 4 is 22.3 Å². The Bertz CT molecular complexity index is 559. The van der Waals surface area contributed by atoms with Gasteiger partial charge in [-0.15, -0.1) is 0 Å². The first-order valence-electron chi connectivity index (χ1n) is 5.60. The quantitative estimate of drug-likeness (QED) is 0.509. The van der Waals surface area contributed by atoms with Gasteiger partial charge in [-0.1, -0.05) is 18.2 Å². The van der Waals surface area contributed by atoms with E-state index in [-0.39, 0.29) is 18.6 Å². The molecule has 1 aromatic rings. The van der Waals surface area contributed by atoms with Gasteiger partial charge in [-0.3, -0.25) is 14.1 Å². The van der Waals surface area contributed by atoms with Gasteiger partial charge in [0.15, 0.2) is 0 Å². The van der Waals surface area contributed by atoms with Crippen LogP contribution < -0.4 is 15.7 Å². The number of carbonyl (C=O) groups excluding carboxylic acids is 1. The third-order valence-corrected chi connectivity index (χ3v) is 2.37. The van der Waals surface area contributed by atoms with E-state index in [1.165, 1.54) is 12.1 Å². The second-order valence-corrected chi connectivity index (χ2v) is 4.80. The summed E-state index contributed by atoms with van der Waals surface area (Å²) in [6.07, 6.45) is 0.123. The molecule has 0 spiro atoms. The highest BCUT2D eigenvalue weighted by Gasteiger charge is 2.11. The molecule has 0 aliphatic carbocycles. The van der Waals surface area contributed by atoms with E-state index in [0.29, 0.717) is 0 Å². The lowest BCUT2D eigenvalue weighted by Gasteiger charge is -2.01. The topological polar surface area (TPSA) is 170 Å². The maximum atomic E-state index is 10.1. The lowest BCUT2D eigenvalue weighted by Crippen LogP contribution is -2.31. The average Bonchev–Trinajstić information content (AvgIpc) is 2.35. The summed E-state index contributed by atoms with van der Waals surface area (Å²) in [4.78, 5) is 20.1. The Labute approximate surface area is 121 Å². The van der Waals surface area contributed by atoms with E-state index in [4.69, 9.17) is 21.1 Å². The molecule has 0 aliphatic rings. The molecular weight excluding hydrogens is 304 g/mol. The summed E-state index contributed by atoms with van der Waals surface area (Å²) in [6.45, 7) is 0. The highest BCUT2D eigenvalue weighted by atomic mass is 32.3. The van der Waals surface area contributed by atoms with Gasteiger partial charge >= 0.3 is 16.4 Å². The molecule has 1 aromatic carbocycles. The van der Waals surface area contributed by atoms with Crippen molar-refractivity contribution in [2.24, 2.45) is 11.5 Å². The van der Waals surface area contributed by atoms with E-state index in [2.05, 4.69) is 4.18 Å². The summed E-state index contributed by atoms with van der Waals surface area (Å²) in [5.41, 5.74) is 9.81. The molecule has 0 radical (unpaired) electrons. The van der Waals surface area contributed by atoms with Crippen molar-refractivity contribution in [2.45, 2.75) is 18.9 Å². The molecule has 118 valence electrons. The number of carbonyl (C=O) groups is 2. The number of benzene rings is 1. The summed E-state index contributed by atoms with van der Waals surface area (Å²) in [5.74, 6) is -1.55. The second kappa shape index (κ2) is 8.89. The Hall–Kier alpha value is -2.17. The Morgan fingerprint density at radius 3 is 2.14 bits per heavy atom. The molecule has 0 saturated heterocycles. The van der Waals surface area contributed by atoms with Crippen LogP contribution in [0.1, 0.15) is 12.8 Å². The minimum atomic E-state index is -4.38. The number of para-hydroxylation sites is 1. The highest BCUT2D eigenvalue weighted by molar-refractivity contribution is 7.81. The van der Waals surface area contributed by atoms with Gasteiger partial charge in [0.05, 0.1) is 0 Å². The van der Waals surface area contributed by atoms with Crippen molar-refractivity contribution in [1.29, 1.82) is 0 Å². The lowest BCUT2D eigenvalue weighted by atomic mass is 10.2. The number of amides is 1. The van der Waals surface area contributed by atoms with E-state index in [0.717, 1.165) is 0 Å². The molecule has 10 heteroatoms. The molecule has 1 rings (SSSR count). The van der Waals surface area contributed by atoms with Gasteiger partial charge in [0, 0.05) is 6.42 Å². The summed E-state index contributed by atoms with van der Waals surface area (Å²) in [6, 6.07) is 6.77. The zero-order valence-corrected chi connectivity index (χ0v) is 11.7. The third-order valence-electron chi connectivity index (χ3n) is 1.96. The predicted octanol–water partition coefficient (Wildman–Crippen LogP) is -0.468. The van der Waals surface area contributed by atoms with Crippen LogP contribution in [-0.4, -0.2) is 36.0 Å². The van der Waals surface area contributed by atoms with Crippen LogP contribution in [0.2, 0.25) is 0 Å². The standard InChI is InChI=1S/C6H6O4S.C5H10N2O3/c7-11(8,9)10-6-4-2-1-3-5-6;6-3(5(9)10)1-2-4(7)8/h1-5H,(H,7,8,9);3H,1-2,6H2,(H2,7,8)(H,9,10)/t;3-/m.0/s1. The number of rotatable bonds is 6. The molecule has 0 fully saturated rings. The van der Waals surface area contributed by atoms with Gasteiger partial charge in [0.2, 0.25) is 5.91 Å². The first-order valence-corrected chi connectivity index (χ1v) is 6.97. The SMILES string of the molecule is NC(=O)CC[C@H](N)C(=O)O.O=S(=O)(O)Oc1ccccc1. The first-order chi connectivity index (χ1) is 9.61. The molecule has 0 bridgehead atoms. The largest absolute Gasteiger partial charge is 0.480 e. The van der Waals surface area contributed by atoms with Crippen molar-refractivity contribution in [2.75, 3.05) is 0 Å². The van der Waals surface area contributed by atoms with Gasteiger partial charge in [0.25, 0.3) is 0 Å². The smallest absolute Gasteiger partial charge is 0.446 e. The number of primary amides is 1. The van der Waals surface area contributed by atoms with Crippen molar-refractivity contribution < 1.29 is 31.8 Å². The molecule has 6 N–H and O–H groups in total. The summed E-state index contributed by atoms with van der Waals surface area (Å²) in [7, 11) is -4.38. The molecular formula is C11H16N2O7S. The Morgan fingerprint density at radius 1 is 1.24 bits per heavy atom. The van der Waals surface area contributed by atoms with E-state index in [1.807, 2.05) is 0 Å². The van der Waals surface area contributed by atoms with E-state index in [9.17, 15) is 18.0 Å². The molecule has 0 saturated carbocycles. The van der Waals surface area contributed by atoms with Gasteiger partial charge < -0.3 is 20.8 Å². The fourth-order valence-electron chi connectivity index (χ4n) is 1.02. The molecule has 0 unspecified atom stereocenters. The summed E-state index contributed by atoms with van der Waals surface area (Å²) in [5, 5.41) is 8.22. The molecule has 1 atom stereocenters. The maximum absolute atomic E-state index is 10.1. The van der Waals surface area contributed by atoms with E-state index in [1.54, 1.807) is 18.2 Å². The monoisotopic (exact) mass is 320 g/mol. The van der Waals surface area contributed by atoms with E-state index >= 15 is 0 Å².